The Balaban J connectivity index is 1.18. The van der Waals surface area contributed by atoms with Crippen LogP contribution >= 0.6 is 0 Å². The van der Waals surface area contributed by atoms with Crippen molar-refractivity contribution in [2.45, 2.75) is 45.3 Å². The van der Waals surface area contributed by atoms with Crippen LogP contribution in [0.1, 0.15) is 42.4 Å². The zero-order chi connectivity index (χ0) is 21.4. The number of hydrogen-bond donors (Lipinski definition) is 0. The second-order valence-electron chi connectivity index (χ2n) is 9.06. The number of amides is 1. The molecule has 7 heteroatoms. The van der Waals surface area contributed by atoms with Gasteiger partial charge >= 0.3 is 0 Å². The summed E-state index contributed by atoms with van der Waals surface area (Å²) in [5.74, 6) is 1.32. The predicted molar refractivity (Wildman–Crippen MR) is 119 cm³/mol. The van der Waals surface area contributed by atoms with E-state index in [0.717, 1.165) is 68.0 Å². The Hall–Kier alpha value is -2.51. The summed E-state index contributed by atoms with van der Waals surface area (Å²) >= 11 is 0. The van der Waals surface area contributed by atoms with Crippen molar-refractivity contribution in [2.75, 3.05) is 39.3 Å². The fraction of sp³-hybridized carbons (Fsp3) is 0.542. The van der Waals surface area contributed by atoms with Gasteiger partial charge in [-0.2, -0.15) is 0 Å². The number of rotatable bonds is 5. The number of aromatic nitrogens is 2. The average molecular weight is 422 g/mol. The summed E-state index contributed by atoms with van der Waals surface area (Å²) in [6.45, 7) is 8.17. The molecule has 2 aromatic rings. The van der Waals surface area contributed by atoms with Crippen molar-refractivity contribution in [1.82, 2.24) is 24.3 Å². The molecule has 164 valence electrons. The van der Waals surface area contributed by atoms with Crippen molar-refractivity contribution in [2.24, 2.45) is 0 Å². The normalized spacial score (nSPS) is 20.4. The highest BCUT2D eigenvalue weighted by molar-refractivity contribution is 5.94. The molecular formula is C24H31N5O2. The van der Waals surface area contributed by atoms with Crippen LogP contribution in [0.3, 0.4) is 0 Å². The van der Waals surface area contributed by atoms with Crippen LogP contribution in [0.25, 0.3) is 11.3 Å². The summed E-state index contributed by atoms with van der Waals surface area (Å²) in [6, 6.07) is 8.48. The van der Waals surface area contributed by atoms with E-state index in [1.54, 1.807) is 6.92 Å². The number of nitrogens with zero attached hydrogens (tertiary/aromatic N) is 5. The third kappa shape index (κ3) is 4.16. The first-order valence-corrected chi connectivity index (χ1v) is 11.5. The van der Waals surface area contributed by atoms with E-state index in [4.69, 9.17) is 0 Å². The number of carbonyl (C=O) groups is 2. The fourth-order valence-corrected chi connectivity index (χ4v) is 4.93. The van der Waals surface area contributed by atoms with Crippen LogP contribution in [0.4, 0.5) is 0 Å². The Morgan fingerprint density at radius 2 is 1.74 bits per heavy atom. The lowest BCUT2D eigenvalue weighted by Crippen LogP contribution is -2.55. The smallest absolute Gasteiger partial charge is 0.236 e. The number of hydrogen-bond acceptors (Lipinski definition) is 5. The second kappa shape index (κ2) is 8.55. The Morgan fingerprint density at radius 3 is 2.39 bits per heavy atom. The first-order valence-electron chi connectivity index (χ1n) is 11.5. The van der Waals surface area contributed by atoms with E-state index < -0.39 is 0 Å². The standard InChI is InChI=1S/C24H31N5O2/c1-18(30)19-5-7-20(8-6-19)22-15-25-23-16-26(9-14-29(22)23)17-24(31)28-12-10-27(11-13-28)21-3-2-4-21/h5-8,15,21H,2-4,9-14,16-17H2,1H3. The van der Waals surface area contributed by atoms with Gasteiger partial charge in [-0.1, -0.05) is 30.7 Å². The van der Waals surface area contributed by atoms with E-state index in [9.17, 15) is 9.59 Å². The molecule has 0 N–H and O–H groups in total. The zero-order valence-electron chi connectivity index (χ0n) is 18.3. The molecule has 1 aliphatic carbocycles. The Bertz CT molecular complexity index is 955. The number of carbonyl (C=O) groups excluding carboxylic acids is 2. The highest BCUT2D eigenvalue weighted by atomic mass is 16.2. The van der Waals surface area contributed by atoms with Crippen LogP contribution in [0.15, 0.2) is 30.5 Å². The van der Waals surface area contributed by atoms with E-state index in [2.05, 4.69) is 19.4 Å². The molecule has 3 heterocycles. The Labute approximate surface area is 183 Å². The van der Waals surface area contributed by atoms with Gasteiger partial charge in [0.05, 0.1) is 25.0 Å². The van der Waals surface area contributed by atoms with Gasteiger partial charge in [0.15, 0.2) is 5.78 Å². The summed E-state index contributed by atoms with van der Waals surface area (Å²) in [7, 11) is 0. The number of ketones is 1. The molecule has 1 aromatic heterocycles. The van der Waals surface area contributed by atoms with Gasteiger partial charge in [0.1, 0.15) is 5.82 Å². The number of imidazole rings is 1. The lowest BCUT2D eigenvalue weighted by atomic mass is 9.91. The predicted octanol–water partition coefficient (Wildman–Crippen LogP) is 2.26. The first kappa shape index (κ1) is 20.4. The molecule has 0 spiro atoms. The van der Waals surface area contributed by atoms with Gasteiger partial charge in [-0.05, 0) is 25.3 Å². The molecule has 0 atom stereocenters. The second-order valence-corrected chi connectivity index (χ2v) is 9.06. The summed E-state index contributed by atoms with van der Waals surface area (Å²) < 4.78 is 2.24. The third-order valence-electron chi connectivity index (χ3n) is 7.15. The minimum Gasteiger partial charge on any atom is -0.339 e. The van der Waals surface area contributed by atoms with E-state index in [-0.39, 0.29) is 11.7 Å². The number of Topliss-reactive ketones (excluding diaryl/α,β-unsaturated/α-hetero) is 1. The number of piperazine rings is 1. The molecule has 0 bridgehead atoms. The molecule has 7 nitrogen and oxygen atoms in total. The monoisotopic (exact) mass is 421 g/mol. The fourth-order valence-electron chi connectivity index (χ4n) is 4.93. The summed E-state index contributed by atoms with van der Waals surface area (Å²) in [5.41, 5.74) is 2.86. The van der Waals surface area contributed by atoms with Crippen LogP contribution in [0.5, 0.6) is 0 Å². The van der Waals surface area contributed by atoms with Gasteiger partial charge in [-0.3, -0.25) is 19.4 Å². The molecule has 1 saturated heterocycles. The van der Waals surface area contributed by atoms with Crippen molar-refractivity contribution < 1.29 is 9.59 Å². The molecule has 1 saturated carbocycles. The van der Waals surface area contributed by atoms with Gasteiger partial charge in [-0.25, -0.2) is 4.98 Å². The van der Waals surface area contributed by atoms with E-state index in [0.29, 0.717) is 13.1 Å². The van der Waals surface area contributed by atoms with E-state index in [1.165, 1.54) is 19.3 Å². The van der Waals surface area contributed by atoms with Crippen LogP contribution in [-0.4, -0.2) is 81.3 Å². The number of benzene rings is 1. The quantitative estimate of drug-likeness (QED) is 0.693. The Morgan fingerprint density at radius 1 is 1.00 bits per heavy atom. The van der Waals surface area contributed by atoms with Crippen molar-refractivity contribution in [3.8, 4) is 11.3 Å². The maximum atomic E-state index is 12.9. The maximum absolute atomic E-state index is 12.9. The van der Waals surface area contributed by atoms with Crippen molar-refractivity contribution in [3.63, 3.8) is 0 Å². The van der Waals surface area contributed by atoms with Crippen LogP contribution in [-0.2, 0) is 17.9 Å². The molecule has 0 unspecified atom stereocenters. The number of fused-ring (bicyclic) bond motifs is 1. The average Bonchev–Trinajstić information content (AvgIpc) is 3.16. The highest BCUT2D eigenvalue weighted by Crippen LogP contribution is 2.26. The highest BCUT2D eigenvalue weighted by Gasteiger charge is 2.30. The summed E-state index contributed by atoms with van der Waals surface area (Å²) in [5, 5.41) is 0. The van der Waals surface area contributed by atoms with Gasteiger partial charge in [0.25, 0.3) is 0 Å². The molecular weight excluding hydrogens is 390 g/mol. The van der Waals surface area contributed by atoms with Gasteiger partial charge < -0.3 is 9.47 Å². The largest absolute Gasteiger partial charge is 0.339 e. The molecule has 2 fully saturated rings. The van der Waals surface area contributed by atoms with E-state index in [1.807, 2.05) is 35.4 Å². The molecule has 31 heavy (non-hydrogen) atoms. The minimum absolute atomic E-state index is 0.0756. The van der Waals surface area contributed by atoms with Gasteiger partial charge in [0, 0.05) is 50.9 Å². The molecule has 2 aliphatic heterocycles. The third-order valence-corrected chi connectivity index (χ3v) is 7.15. The van der Waals surface area contributed by atoms with Crippen LogP contribution in [0, 0.1) is 0 Å². The topological polar surface area (TPSA) is 61.7 Å². The van der Waals surface area contributed by atoms with Crippen molar-refractivity contribution in [3.05, 3.63) is 41.9 Å². The zero-order valence-corrected chi connectivity index (χ0v) is 18.3. The first-order chi connectivity index (χ1) is 15.1. The van der Waals surface area contributed by atoms with E-state index >= 15 is 0 Å². The van der Waals surface area contributed by atoms with Gasteiger partial charge in [-0.15, -0.1) is 0 Å². The van der Waals surface area contributed by atoms with Crippen LogP contribution in [0.2, 0.25) is 0 Å². The lowest BCUT2D eigenvalue weighted by Gasteiger charge is -2.43. The summed E-state index contributed by atoms with van der Waals surface area (Å²) in [6.07, 6.45) is 5.93. The van der Waals surface area contributed by atoms with Crippen molar-refractivity contribution >= 4 is 11.7 Å². The molecule has 3 aliphatic rings. The minimum atomic E-state index is 0.0756. The SMILES string of the molecule is CC(=O)c1ccc(-c2cnc3n2CCN(CC(=O)N2CCN(C4CCC4)CC2)C3)cc1. The molecule has 1 amide bonds. The van der Waals surface area contributed by atoms with Gasteiger partial charge in [0.2, 0.25) is 5.91 Å². The maximum Gasteiger partial charge on any atom is 0.236 e. The van der Waals surface area contributed by atoms with Crippen molar-refractivity contribution in [1.29, 1.82) is 0 Å². The molecule has 0 radical (unpaired) electrons. The molecule has 1 aromatic carbocycles. The Kier molecular flexibility index (Phi) is 5.63. The molecule has 5 rings (SSSR count). The summed E-state index contributed by atoms with van der Waals surface area (Å²) in [4.78, 5) is 35.8. The van der Waals surface area contributed by atoms with Crippen LogP contribution < -0.4 is 0 Å². The lowest BCUT2D eigenvalue weighted by molar-refractivity contribution is -0.135.